The molecular weight excluding hydrogens is 414 g/mol. The van der Waals surface area contributed by atoms with E-state index in [1.165, 1.54) is 0 Å². The quantitative estimate of drug-likeness (QED) is 0.648. The van der Waals surface area contributed by atoms with Crippen LogP contribution in [0, 0.1) is 11.8 Å². The van der Waals surface area contributed by atoms with Crippen LogP contribution in [0.2, 0.25) is 0 Å². The van der Waals surface area contributed by atoms with Gasteiger partial charge in [-0.25, -0.2) is 0 Å². The summed E-state index contributed by atoms with van der Waals surface area (Å²) in [6, 6.07) is 16.0. The van der Waals surface area contributed by atoms with Crippen molar-refractivity contribution in [2.75, 3.05) is 10.6 Å². The molecule has 3 atom stereocenters. The lowest BCUT2D eigenvalue weighted by atomic mass is 9.84. The molecule has 0 bridgehead atoms. The van der Waals surface area contributed by atoms with Crippen molar-refractivity contribution in [1.82, 2.24) is 4.90 Å². The van der Waals surface area contributed by atoms with Crippen LogP contribution in [0.5, 0.6) is 0 Å². The van der Waals surface area contributed by atoms with Crippen LogP contribution in [0.15, 0.2) is 54.6 Å². The molecule has 1 saturated carbocycles. The Morgan fingerprint density at radius 3 is 2.21 bits per heavy atom. The van der Waals surface area contributed by atoms with Crippen molar-refractivity contribution < 1.29 is 14.4 Å². The zero-order valence-electron chi connectivity index (χ0n) is 19.4. The Hall–Kier alpha value is -3.15. The normalized spacial score (nSPS) is 22.0. The molecule has 0 aromatic heterocycles. The van der Waals surface area contributed by atoms with Crippen LogP contribution in [0.25, 0.3) is 0 Å². The number of fused-ring (bicyclic) bond motifs is 1. The fourth-order valence-corrected chi connectivity index (χ4v) is 5.16. The van der Waals surface area contributed by atoms with Gasteiger partial charge in [0.2, 0.25) is 11.8 Å². The van der Waals surface area contributed by atoms with Gasteiger partial charge in [0.1, 0.15) is 6.04 Å². The molecule has 1 heterocycles. The number of benzene rings is 2. The molecule has 174 valence electrons. The summed E-state index contributed by atoms with van der Waals surface area (Å²) in [6.45, 7) is 4.01. The van der Waals surface area contributed by atoms with Gasteiger partial charge in [-0.2, -0.15) is 0 Å². The third kappa shape index (κ3) is 5.44. The SMILES string of the molecule is CC(C)CC(=O)Nc1ccc(NC(=O)C2CC3CCCCC3N2C(=O)c2ccccc2)cc1. The highest BCUT2D eigenvalue weighted by Crippen LogP contribution is 2.40. The van der Waals surface area contributed by atoms with E-state index in [4.69, 9.17) is 0 Å². The summed E-state index contributed by atoms with van der Waals surface area (Å²) in [5, 5.41) is 5.88. The van der Waals surface area contributed by atoms with E-state index in [1.54, 1.807) is 24.3 Å². The molecular formula is C27H33N3O3. The van der Waals surface area contributed by atoms with Gasteiger partial charge >= 0.3 is 0 Å². The number of nitrogens with one attached hydrogen (secondary N) is 2. The molecule has 1 aliphatic heterocycles. The van der Waals surface area contributed by atoms with Crippen molar-refractivity contribution in [3.05, 3.63) is 60.2 Å². The Labute approximate surface area is 195 Å². The lowest BCUT2D eigenvalue weighted by Gasteiger charge is -2.33. The highest BCUT2D eigenvalue weighted by molar-refractivity contribution is 6.02. The lowest BCUT2D eigenvalue weighted by molar-refractivity contribution is -0.120. The first-order chi connectivity index (χ1) is 15.9. The zero-order chi connectivity index (χ0) is 23.4. The molecule has 2 aromatic carbocycles. The molecule has 2 aromatic rings. The maximum atomic E-state index is 13.4. The van der Waals surface area contributed by atoms with Crippen molar-refractivity contribution in [2.24, 2.45) is 11.8 Å². The molecule has 33 heavy (non-hydrogen) atoms. The predicted molar refractivity (Wildman–Crippen MR) is 130 cm³/mol. The van der Waals surface area contributed by atoms with Gasteiger partial charge in [-0.15, -0.1) is 0 Å². The summed E-state index contributed by atoms with van der Waals surface area (Å²) in [6.07, 6.45) is 5.45. The number of amides is 3. The van der Waals surface area contributed by atoms with Crippen molar-refractivity contribution in [3.63, 3.8) is 0 Å². The molecule has 6 heteroatoms. The third-order valence-corrected chi connectivity index (χ3v) is 6.68. The maximum Gasteiger partial charge on any atom is 0.254 e. The highest BCUT2D eigenvalue weighted by Gasteiger charge is 2.47. The number of nitrogens with zero attached hydrogens (tertiary/aromatic N) is 1. The summed E-state index contributed by atoms with van der Waals surface area (Å²) in [4.78, 5) is 40.5. The van der Waals surface area contributed by atoms with E-state index in [0.717, 1.165) is 25.7 Å². The minimum atomic E-state index is -0.476. The van der Waals surface area contributed by atoms with Gasteiger partial charge in [0.15, 0.2) is 0 Å². The smallest absolute Gasteiger partial charge is 0.254 e. The second-order valence-electron chi connectivity index (χ2n) is 9.65. The minimum Gasteiger partial charge on any atom is -0.326 e. The first kappa shape index (κ1) is 23.0. The van der Waals surface area contributed by atoms with Gasteiger partial charge in [0.05, 0.1) is 0 Å². The number of hydrogen-bond donors (Lipinski definition) is 2. The van der Waals surface area contributed by atoms with Crippen molar-refractivity contribution in [2.45, 2.75) is 64.5 Å². The molecule has 2 fully saturated rings. The monoisotopic (exact) mass is 447 g/mol. The van der Waals surface area contributed by atoms with E-state index in [-0.39, 0.29) is 23.8 Å². The largest absolute Gasteiger partial charge is 0.326 e. The Morgan fingerprint density at radius 1 is 0.909 bits per heavy atom. The molecule has 1 saturated heterocycles. The van der Waals surface area contributed by atoms with E-state index in [1.807, 2.05) is 49.1 Å². The molecule has 0 spiro atoms. The summed E-state index contributed by atoms with van der Waals surface area (Å²) >= 11 is 0. The van der Waals surface area contributed by atoms with E-state index in [2.05, 4.69) is 10.6 Å². The van der Waals surface area contributed by atoms with Gasteiger partial charge in [-0.3, -0.25) is 14.4 Å². The highest BCUT2D eigenvalue weighted by atomic mass is 16.2. The van der Waals surface area contributed by atoms with Crippen LogP contribution in [0.4, 0.5) is 11.4 Å². The molecule has 0 radical (unpaired) electrons. The number of hydrogen-bond acceptors (Lipinski definition) is 3. The number of likely N-dealkylation sites (tertiary alicyclic amines) is 1. The van der Waals surface area contributed by atoms with Crippen LogP contribution < -0.4 is 10.6 Å². The maximum absolute atomic E-state index is 13.4. The predicted octanol–water partition coefficient (Wildman–Crippen LogP) is 5.08. The Bertz CT molecular complexity index is 987. The molecule has 4 rings (SSSR count). The first-order valence-corrected chi connectivity index (χ1v) is 12.0. The average Bonchev–Trinajstić information content (AvgIpc) is 3.20. The third-order valence-electron chi connectivity index (χ3n) is 6.68. The number of carbonyl (C=O) groups is 3. The van der Waals surface area contributed by atoms with Gasteiger partial charge in [-0.05, 0) is 67.5 Å². The number of carbonyl (C=O) groups excluding carboxylic acids is 3. The van der Waals surface area contributed by atoms with E-state index >= 15 is 0 Å². The van der Waals surface area contributed by atoms with E-state index in [9.17, 15) is 14.4 Å². The Morgan fingerprint density at radius 2 is 1.55 bits per heavy atom. The fraction of sp³-hybridized carbons (Fsp3) is 0.444. The van der Waals surface area contributed by atoms with E-state index in [0.29, 0.717) is 41.6 Å². The zero-order valence-corrected chi connectivity index (χ0v) is 19.4. The van der Waals surface area contributed by atoms with Gasteiger partial charge in [0, 0.05) is 29.4 Å². The second-order valence-corrected chi connectivity index (χ2v) is 9.65. The molecule has 6 nitrogen and oxygen atoms in total. The Balaban J connectivity index is 1.46. The molecule has 1 aliphatic carbocycles. The summed E-state index contributed by atoms with van der Waals surface area (Å²) in [5.41, 5.74) is 1.98. The topological polar surface area (TPSA) is 78.5 Å². The van der Waals surface area contributed by atoms with Crippen molar-refractivity contribution in [1.29, 1.82) is 0 Å². The van der Waals surface area contributed by atoms with Crippen LogP contribution in [0.3, 0.4) is 0 Å². The Kier molecular flexibility index (Phi) is 7.11. The average molecular weight is 448 g/mol. The molecule has 2 N–H and O–H groups in total. The minimum absolute atomic E-state index is 0.0228. The van der Waals surface area contributed by atoms with Crippen LogP contribution in [0.1, 0.15) is 62.7 Å². The second kappa shape index (κ2) is 10.2. The fourth-order valence-electron chi connectivity index (χ4n) is 5.16. The number of rotatable bonds is 6. The summed E-state index contributed by atoms with van der Waals surface area (Å²) < 4.78 is 0. The van der Waals surface area contributed by atoms with Crippen molar-refractivity contribution in [3.8, 4) is 0 Å². The summed E-state index contributed by atoms with van der Waals surface area (Å²) in [7, 11) is 0. The van der Waals surface area contributed by atoms with Gasteiger partial charge in [0.25, 0.3) is 5.91 Å². The van der Waals surface area contributed by atoms with Crippen LogP contribution in [-0.2, 0) is 9.59 Å². The van der Waals surface area contributed by atoms with Crippen molar-refractivity contribution >= 4 is 29.1 Å². The standard InChI is InChI=1S/C27H33N3O3/c1-18(2)16-25(31)28-21-12-14-22(15-13-21)29-26(32)24-17-20-10-6-7-11-23(20)30(24)27(33)19-8-4-3-5-9-19/h3-5,8-9,12-15,18,20,23-24H,6-7,10-11,16-17H2,1-2H3,(H,28,31)(H,29,32). The lowest BCUT2D eigenvalue weighted by Crippen LogP contribution is -2.47. The number of anilines is 2. The first-order valence-electron chi connectivity index (χ1n) is 12.0. The van der Waals surface area contributed by atoms with Gasteiger partial charge in [-0.1, -0.05) is 44.9 Å². The van der Waals surface area contributed by atoms with Gasteiger partial charge < -0.3 is 15.5 Å². The van der Waals surface area contributed by atoms with E-state index < -0.39 is 6.04 Å². The van der Waals surface area contributed by atoms with Crippen LogP contribution in [-0.4, -0.2) is 34.7 Å². The molecule has 3 amide bonds. The molecule has 3 unspecified atom stereocenters. The summed E-state index contributed by atoms with van der Waals surface area (Å²) in [5.74, 6) is 0.435. The molecule has 2 aliphatic rings. The van der Waals surface area contributed by atoms with Crippen LogP contribution >= 0.6 is 0 Å².